The summed E-state index contributed by atoms with van der Waals surface area (Å²) in [5.74, 6) is -0.101. The van der Waals surface area contributed by atoms with Crippen LogP contribution in [0.3, 0.4) is 0 Å². The number of aromatic nitrogens is 3. The van der Waals surface area contributed by atoms with E-state index in [1.165, 1.54) is 49.8 Å². The zero-order valence-corrected chi connectivity index (χ0v) is 16.7. The highest BCUT2D eigenvalue weighted by Crippen LogP contribution is 2.42. The van der Waals surface area contributed by atoms with E-state index in [1.54, 1.807) is 24.4 Å². The van der Waals surface area contributed by atoms with Crippen molar-refractivity contribution in [3.8, 4) is 17.0 Å². The molecule has 1 aromatic carbocycles. The number of nitrogens with zero attached hydrogens (tertiary/aromatic N) is 5. The molecule has 2 N–H and O–H groups in total. The third kappa shape index (κ3) is 3.35. The van der Waals surface area contributed by atoms with Gasteiger partial charge in [-0.1, -0.05) is 0 Å². The first-order valence-electron chi connectivity index (χ1n) is 9.21. The fourth-order valence-electron chi connectivity index (χ4n) is 3.50. The first kappa shape index (κ1) is 20.3. The average Bonchev–Trinajstić information content (AvgIpc) is 3.04. The van der Waals surface area contributed by atoms with Gasteiger partial charge in [-0.15, -0.1) is 0 Å². The Hall–Kier alpha value is -3.95. The molecule has 0 spiro atoms. The van der Waals surface area contributed by atoms with Crippen LogP contribution in [0.1, 0.15) is 23.2 Å². The lowest BCUT2D eigenvalue weighted by Gasteiger charge is -2.27. The van der Waals surface area contributed by atoms with E-state index in [9.17, 15) is 13.6 Å². The first-order valence-corrected chi connectivity index (χ1v) is 9.21. The van der Waals surface area contributed by atoms with Gasteiger partial charge < -0.3 is 10.5 Å². The zero-order valence-electron chi connectivity index (χ0n) is 16.7. The lowest BCUT2D eigenvalue weighted by Crippen LogP contribution is -2.41. The minimum atomic E-state index is -2.81. The van der Waals surface area contributed by atoms with Crippen LogP contribution in [0.2, 0.25) is 0 Å². The van der Waals surface area contributed by atoms with Crippen LogP contribution in [0.4, 0.5) is 8.78 Å². The number of benzene rings is 1. The minimum Gasteiger partial charge on any atom is -0.497 e. The lowest BCUT2D eigenvalue weighted by atomic mass is 9.82. The minimum absolute atomic E-state index is 0.0377. The van der Waals surface area contributed by atoms with Gasteiger partial charge in [-0.05, 0) is 41.5 Å². The molecule has 0 saturated carbocycles. The van der Waals surface area contributed by atoms with E-state index in [4.69, 9.17) is 10.5 Å². The number of pyridine rings is 1. The Kier molecular flexibility index (Phi) is 5.05. The summed E-state index contributed by atoms with van der Waals surface area (Å²) in [5, 5.41) is 0. The van der Waals surface area contributed by atoms with Gasteiger partial charge in [0.2, 0.25) is 0 Å². The highest BCUT2D eigenvalue weighted by molar-refractivity contribution is 6.09. The molecule has 10 heteroatoms. The quantitative estimate of drug-likeness (QED) is 0.675. The van der Waals surface area contributed by atoms with Crippen LogP contribution in [-0.4, -0.2) is 45.9 Å². The lowest BCUT2D eigenvalue weighted by molar-refractivity contribution is -0.129. The normalized spacial score (nSPS) is 18.4. The number of guanidine groups is 1. The molecule has 0 bridgehead atoms. The van der Waals surface area contributed by atoms with Crippen LogP contribution in [0.5, 0.6) is 5.75 Å². The third-order valence-electron chi connectivity index (χ3n) is 5.08. The molecule has 0 fully saturated rings. The number of rotatable bonds is 5. The highest BCUT2D eigenvalue weighted by Gasteiger charge is 2.50. The Morgan fingerprint density at radius 2 is 1.90 bits per heavy atom. The van der Waals surface area contributed by atoms with E-state index >= 15 is 0 Å². The second-order valence-electron chi connectivity index (χ2n) is 6.86. The molecule has 1 aliphatic rings. The Labute approximate surface area is 176 Å². The van der Waals surface area contributed by atoms with Gasteiger partial charge in [-0.2, -0.15) is 0 Å². The average molecular weight is 424 g/mol. The molecule has 1 atom stereocenters. The molecule has 1 aliphatic heterocycles. The van der Waals surface area contributed by atoms with Crippen molar-refractivity contribution in [3.05, 3.63) is 71.9 Å². The maximum Gasteiger partial charge on any atom is 0.280 e. The number of carbonyl (C=O) groups excluding carboxylic acids is 1. The summed E-state index contributed by atoms with van der Waals surface area (Å²) in [7, 11) is 2.95. The molecule has 3 aromatic rings. The number of aliphatic imine (C=N–C) groups is 1. The summed E-state index contributed by atoms with van der Waals surface area (Å²) < 4.78 is 32.1. The van der Waals surface area contributed by atoms with E-state index in [1.807, 2.05) is 0 Å². The van der Waals surface area contributed by atoms with Crippen molar-refractivity contribution >= 4 is 11.9 Å². The van der Waals surface area contributed by atoms with Gasteiger partial charge in [0.25, 0.3) is 12.3 Å². The number of alkyl halides is 2. The molecular weight excluding hydrogens is 406 g/mol. The molecule has 1 unspecified atom stereocenters. The molecular formula is C21H18F2N6O2. The summed E-state index contributed by atoms with van der Waals surface area (Å²) in [4.78, 5) is 31.1. The number of halogens is 2. The monoisotopic (exact) mass is 424 g/mol. The first-order chi connectivity index (χ1) is 14.9. The maximum absolute atomic E-state index is 13.4. The topological polar surface area (TPSA) is 107 Å². The number of nitrogens with two attached hydrogens (primary N) is 1. The summed E-state index contributed by atoms with van der Waals surface area (Å²) in [6.07, 6.45) is 3.04. The van der Waals surface area contributed by atoms with Crippen molar-refractivity contribution in [1.29, 1.82) is 0 Å². The van der Waals surface area contributed by atoms with Crippen molar-refractivity contribution < 1.29 is 18.3 Å². The summed E-state index contributed by atoms with van der Waals surface area (Å²) in [6.45, 7) is 0. The van der Waals surface area contributed by atoms with E-state index in [0.29, 0.717) is 22.6 Å². The standard InChI is InChI=1S/C21H18F2N6O2/c1-29-19(30)21(28-20(29)24,13-3-4-26-16(10-13)18(22)23)14-7-12(8-15(9-14)31-2)17-11-25-5-6-27-17/h3-11,18H,1-2H3,(H2,24,28). The van der Waals surface area contributed by atoms with Crippen LogP contribution < -0.4 is 10.5 Å². The number of methoxy groups -OCH3 is 1. The fraction of sp³-hybridized carbons (Fsp3) is 0.190. The van der Waals surface area contributed by atoms with Gasteiger partial charge in [0, 0.05) is 31.2 Å². The third-order valence-corrected chi connectivity index (χ3v) is 5.08. The fourth-order valence-corrected chi connectivity index (χ4v) is 3.50. The van der Waals surface area contributed by atoms with Crippen molar-refractivity contribution in [2.24, 2.45) is 10.7 Å². The molecule has 1 amide bonds. The molecule has 0 saturated heterocycles. The van der Waals surface area contributed by atoms with Gasteiger partial charge in [-0.3, -0.25) is 24.6 Å². The van der Waals surface area contributed by atoms with Crippen molar-refractivity contribution in [1.82, 2.24) is 19.9 Å². The molecule has 3 heterocycles. The van der Waals surface area contributed by atoms with E-state index in [2.05, 4.69) is 19.9 Å². The van der Waals surface area contributed by atoms with Crippen LogP contribution in [0, 0.1) is 0 Å². The van der Waals surface area contributed by atoms with Gasteiger partial charge in [0.1, 0.15) is 11.4 Å². The number of ether oxygens (including phenoxy) is 1. The van der Waals surface area contributed by atoms with Crippen molar-refractivity contribution in [2.75, 3.05) is 14.2 Å². The van der Waals surface area contributed by atoms with Gasteiger partial charge in [0.15, 0.2) is 11.5 Å². The van der Waals surface area contributed by atoms with E-state index in [-0.39, 0.29) is 11.5 Å². The Morgan fingerprint density at radius 1 is 1.10 bits per heavy atom. The van der Waals surface area contributed by atoms with Gasteiger partial charge in [0.05, 0.1) is 19.0 Å². The largest absolute Gasteiger partial charge is 0.497 e. The van der Waals surface area contributed by atoms with Gasteiger partial charge in [-0.25, -0.2) is 13.8 Å². The van der Waals surface area contributed by atoms with Crippen molar-refractivity contribution in [2.45, 2.75) is 12.0 Å². The number of hydrogen-bond acceptors (Lipinski definition) is 7. The number of carbonyl (C=O) groups is 1. The molecule has 0 radical (unpaired) electrons. The molecule has 31 heavy (non-hydrogen) atoms. The maximum atomic E-state index is 13.4. The summed E-state index contributed by atoms with van der Waals surface area (Å²) in [6, 6.07) is 7.69. The van der Waals surface area contributed by atoms with Crippen molar-refractivity contribution in [3.63, 3.8) is 0 Å². The molecule has 8 nitrogen and oxygen atoms in total. The van der Waals surface area contributed by atoms with Crippen LogP contribution >= 0.6 is 0 Å². The molecule has 158 valence electrons. The Bertz CT molecular complexity index is 1170. The number of hydrogen-bond donors (Lipinski definition) is 1. The molecule has 0 aliphatic carbocycles. The zero-order chi connectivity index (χ0) is 22.2. The summed E-state index contributed by atoms with van der Waals surface area (Å²) in [5.41, 5.74) is 5.58. The van der Waals surface area contributed by atoms with Gasteiger partial charge >= 0.3 is 0 Å². The Balaban J connectivity index is 2.00. The second kappa shape index (κ2) is 7.71. The SMILES string of the molecule is COc1cc(-c2cnccn2)cc(C2(c3ccnc(C(F)F)c3)N=C(N)N(C)C2=O)c1. The molecule has 4 rings (SSSR count). The van der Waals surface area contributed by atoms with Crippen LogP contribution in [-0.2, 0) is 10.3 Å². The Morgan fingerprint density at radius 3 is 2.52 bits per heavy atom. The molecule has 2 aromatic heterocycles. The highest BCUT2D eigenvalue weighted by atomic mass is 19.3. The number of amides is 1. The summed E-state index contributed by atoms with van der Waals surface area (Å²) >= 11 is 0. The van der Waals surface area contributed by atoms with Crippen LogP contribution in [0.15, 0.2) is 60.1 Å². The van der Waals surface area contributed by atoms with E-state index < -0.39 is 23.6 Å². The predicted molar refractivity (Wildman–Crippen MR) is 108 cm³/mol. The van der Waals surface area contributed by atoms with E-state index in [0.717, 1.165) is 0 Å². The second-order valence-corrected chi connectivity index (χ2v) is 6.86. The number of likely N-dealkylation sites (N-methyl/N-ethyl adjacent to an activating group) is 1. The smallest absolute Gasteiger partial charge is 0.280 e. The predicted octanol–water partition coefficient (Wildman–Crippen LogP) is 2.52. The van der Waals surface area contributed by atoms with Crippen LogP contribution in [0.25, 0.3) is 11.3 Å².